The van der Waals surface area contributed by atoms with Crippen LogP contribution in [0.15, 0.2) is 67.0 Å². The number of fused-ring (bicyclic) bond motifs is 1. The van der Waals surface area contributed by atoms with Crippen LogP contribution in [-0.4, -0.2) is 53.9 Å². The van der Waals surface area contributed by atoms with E-state index in [0.717, 1.165) is 28.7 Å². The molecule has 1 aliphatic rings. The molecule has 0 saturated carbocycles. The number of halogens is 2. The second kappa shape index (κ2) is 15.9. The molecule has 238 valence electrons. The fourth-order valence-electron chi connectivity index (χ4n) is 5.33. The van der Waals surface area contributed by atoms with Gasteiger partial charge in [-0.25, -0.2) is 0 Å². The average molecular weight is 663 g/mol. The number of aliphatic hydroxyl groups is 2. The third kappa shape index (κ3) is 7.97. The zero-order valence-corrected chi connectivity index (χ0v) is 26.4. The summed E-state index contributed by atoms with van der Waals surface area (Å²) in [6.07, 6.45) is 4.86. The molecule has 2 unspecified atom stereocenters. The smallest absolute Gasteiger partial charge is 0.153 e. The number of carbonyl (C=O) groups is 1. The van der Waals surface area contributed by atoms with Crippen LogP contribution >= 0.6 is 23.2 Å². The van der Waals surface area contributed by atoms with Gasteiger partial charge in [0.15, 0.2) is 6.29 Å². The van der Waals surface area contributed by atoms with Gasteiger partial charge in [-0.1, -0.05) is 53.5 Å². The summed E-state index contributed by atoms with van der Waals surface area (Å²) in [4.78, 5) is 15.8. The number of aromatic nitrogens is 1. The molecule has 9 nitrogen and oxygen atoms in total. The molecule has 5 rings (SSSR count). The molecule has 0 bridgehead atoms. The fraction of sp³-hybridized carbons (Fsp3) is 0.286. The molecule has 46 heavy (non-hydrogen) atoms. The maximum atomic E-state index is 11.8. The largest absolute Gasteiger partial charge is 0.492 e. The second-order valence-electron chi connectivity index (χ2n) is 10.8. The van der Waals surface area contributed by atoms with E-state index in [1.807, 2.05) is 36.4 Å². The number of rotatable bonds is 15. The molecule has 11 heteroatoms. The van der Waals surface area contributed by atoms with Crippen molar-refractivity contribution >= 4 is 29.5 Å². The van der Waals surface area contributed by atoms with E-state index in [1.165, 1.54) is 12.3 Å². The Hall–Kier alpha value is -4.17. The van der Waals surface area contributed by atoms with Gasteiger partial charge < -0.3 is 29.7 Å². The molecule has 1 heterocycles. The lowest BCUT2D eigenvalue weighted by Crippen LogP contribution is -2.30. The number of nitrogens with one attached hydrogen (secondary N) is 1. The minimum absolute atomic E-state index is 0.106. The third-order valence-corrected chi connectivity index (χ3v) is 8.28. The first-order valence-electron chi connectivity index (χ1n) is 14.9. The van der Waals surface area contributed by atoms with Crippen molar-refractivity contribution in [2.24, 2.45) is 0 Å². The number of aliphatic hydroxyl groups excluding tert-OH is 2. The Labute approximate surface area is 277 Å². The molecule has 0 fully saturated rings. The van der Waals surface area contributed by atoms with Crippen LogP contribution in [0.5, 0.6) is 17.2 Å². The van der Waals surface area contributed by atoms with Gasteiger partial charge in [0.2, 0.25) is 0 Å². The van der Waals surface area contributed by atoms with E-state index in [9.17, 15) is 9.90 Å². The highest BCUT2D eigenvalue weighted by Gasteiger charge is 2.28. The number of benzene rings is 3. The lowest BCUT2D eigenvalue weighted by atomic mass is 9.96. The minimum atomic E-state index is -0.778. The molecule has 3 aromatic carbocycles. The highest BCUT2D eigenvalue weighted by molar-refractivity contribution is 6.35. The van der Waals surface area contributed by atoms with Gasteiger partial charge in [-0.15, -0.1) is 0 Å². The molecule has 2 atom stereocenters. The van der Waals surface area contributed by atoms with Crippen molar-refractivity contribution in [2.75, 3.05) is 26.3 Å². The maximum Gasteiger partial charge on any atom is 0.153 e. The Balaban J connectivity index is 1.30. The van der Waals surface area contributed by atoms with Gasteiger partial charge in [0, 0.05) is 36.1 Å². The summed E-state index contributed by atoms with van der Waals surface area (Å²) in [5.41, 5.74) is 5.39. The van der Waals surface area contributed by atoms with Gasteiger partial charge in [0.05, 0.1) is 40.5 Å². The molecular weight excluding hydrogens is 629 g/mol. The molecule has 0 amide bonds. The Kier molecular flexibility index (Phi) is 11.5. The van der Waals surface area contributed by atoms with Crippen LogP contribution in [0.2, 0.25) is 10.0 Å². The van der Waals surface area contributed by atoms with Crippen molar-refractivity contribution in [3.05, 3.63) is 105 Å². The predicted octanol–water partition coefficient (Wildman–Crippen LogP) is 6.10. The monoisotopic (exact) mass is 661 g/mol. The van der Waals surface area contributed by atoms with E-state index in [4.69, 9.17) is 47.8 Å². The quantitative estimate of drug-likeness (QED) is 0.102. The summed E-state index contributed by atoms with van der Waals surface area (Å²) < 4.78 is 18.4. The van der Waals surface area contributed by atoms with E-state index in [-0.39, 0.29) is 24.9 Å². The number of carbonyl (C=O) groups excluding carboxylic acids is 1. The van der Waals surface area contributed by atoms with Crippen molar-refractivity contribution in [3.8, 4) is 34.4 Å². The van der Waals surface area contributed by atoms with Crippen molar-refractivity contribution in [1.29, 1.82) is 5.26 Å². The summed E-state index contributed by atoms with van der Waals surface area (Å²) in [5.74, 6) is 1.29. The van der Waals surface area contributed by atoms with Crippen LogP contribution in [0.25, 0.3) is 11.1 Å². The summed E-state index contributed by atoms with van der Waals surface area (Å²) >= 11 is 13.4. The molecule has 1 aromatic heterocycles. The number of nitrogens with zero attached hydrogens (tertiary/aromatic N) is 2. The summed E-state index contributed by atoms with van der Waals surface area (Å²) in [5, 5.41) is 31.4. The summed E-state index contributed by atoms with van der Waals surface area (Å²) in [6, 6.07) is 18.6. The molecule has 0 radical (unpaired) electrons. The lowest BCUT2D eigenvalue weighted by Gasteiger charge is -2.19. The van der Waals surface area contributed by atoms with Crippen molar-refractivity contribution in [2.45, 2.75) is 38.1 Å². The van der Waals surface area contributed by atoms with Crippen LogP contribution in [0.4, 0.5) is 0 Å². The normalized spacial score (nSPS) is 14.3. The highest BCUT2D eigenvalue weighted by Crippen LogP contribution is 2.45. The fourth-order valence-corrected chi connectivity index (χ4v) is 5.83. The number of nitriles is 1. The van der Waals surface area contributed by atoms with Gasteiger partial charge in [0.1, 0.15) is 36.0 Å². The Morgan fingerprint density at radius 2 is 1.89 bits per heavy atom. The Bertz CT molecular complexity index is 1730. The predicted molar refractivity (Wildman–Crippen MR) is 175 cm³/mol. The number of aldehydes is 1. The van der Waals surface area contributed by atoms with Gasteiger partial charge in [0.25, 0.3) is 0 Å². The molecule has 4 aromatic rings. The van der Waals surface area contributed by atoms with E-state index >= 15 is 0 Å². The van der Waals surface area contributed by atoms with Crippen LogP contribution in [0.1, 0.15) is 51.6 Å². The van der Waals surface area contributed by atoms with Crippen molar-refractivity contribution < 1.29 is 29.2 Å². The van der Waals surface area contributed by atoms with Crippen molar-refractivity contribution in [3.63, 3.8) is 0 Å². The number of pyridine rings is 1. The average Bonchev–Trinajstić information content (AvgIpc) is 3.49. The molecule has 0 saturated heterocycles. The van der Waals surface area contributed by atoms with Gasteiger partial charge in [-0.2, -0.15) is 5.26 Å². The first-order chi connectivity index (χ1) is 22.4. The number of hydrogen-bond acceptors (Lipinski definition) is 9. The van der Waals surface area contributed by atoms with E-state index in [0.29, 0.717) is 77.2 Å². The molecule has 3 N–H and O–H groups in total. The molecule has 0 aliphatic heterocycles. The zero-order chi connectivity index (χ0) is 32.5. The first-order valence-corrected chi connectivity index (χ1v) is 15.6. The number of hydrogen-bond donors (Lipinski definition) is 3. The topological polar surface area (TPSA) is 134 Å². The lowest BCUT2D eigenvalue weighted by molar-refractivity contribution is 0.0942. The van der Waals surface area contributed by atoms with E-state index < -0.39 is 6.10 Å². The second-order valence-corrected chi connectivity index (χ2v) is 11.6. The molecule has 1 aliphatic carbocycles. The van der Waals surface area contributed by atoms with E-state index in [1.54, 1.807) is 18.3 Å². The van der Waals surface area contributed by atoms with Gasteiger partial charge in [-0.05, 0) is 60.7 Å². The first kappa shape index (κ1) is 33.2. The SMILES string of the molecule is N#Cc1cncc(COc2cc(OC3CCc4c(-c5cccc(OCCCNCC(O)CO)c5Cl)cccc43)c(Cl)cc2C=O)c1. The highest BCUT2D eigenvalue weighted by atomic mass is 35.5. The van der Waals surface area contributed by atoms with Crippen LogP contribution < -0.4 is 19.5 Å². The van der Waals surface area contributed by atoms with Crippen LogP contribution in [0.3, 0.4) is 0 Å². The standard InChI is InChI=1S/C35H33Cl2N3O6/c36-30-13-24(19-41)33(45-21-23-12-22(15-38)16-40-17-23)14-34(30)46-31-9-8-27-26(4-1-5-28(27)31)29-6-2-7-32(35(29)37)44-11-3-10-39-18-25(43)20-42/h1-2,4-7,12-14,16-17,19,25,31,39,42-43H,3,8-11,18,20-21H2. The van der Waals surface area contributed by atoms with Gasteiger partial charge >= 0.3 is 0 Å². The number of ether oxygens (including phenoxy) is 3. The summed E-state index contributed by atoms with van der Waals surface area (Å²) in [7, 11) is 0. The maximum absolute atomic E-state index is 11.8. The third-order valence-electron chi connectivity index (χ3n) is 7.59. The summed E-state index contributed by atoms with van der Waals surface area (Å²) in [6.45, 7) is 1.21. The Morgan fingerprint density at radius 3 is 2.70 bits per heavy atom. The van der Waals surface area contributed by atoms with Gasteiger partial charge in [-0.3, -0.25) is 9.78 Å². The van der Waals surface area contributed by atoms with Crippen LogP contribution in [0, 0.1) is 11.3 Å². The molecular formula is C35H33Cl2N3O6. The van der Waals surface area contributed by atoms with E-state index in [2.05, 4.69) is 16.4 Å². The molecule has 0 spiro atoms. The zero-order valence-electron chi connectivity index (χ0n) is 24.9. The minimum Gasteiger partial charge on any atom is -0.492 e. The Morgan fingerprint density at radius 1 is 1.07 bits per heavy atom. The van der Waals surface area contributed by atoms with Crippen molar-refractivity contribution in [1.82, 2.24) is 10.3 Å². The van der Waals surface area contributed by atoms with Crippen LogP contribution in [-0.2, 0) is 13.0 Å².